The number of nitrogens with one attached hydrogen (secondary N) is 1. The summed E-state index contributed by atoms with van der Waals surface area (Å²) in [6, 6.07) is 12.3. The number of aryl methyl sites for hydroxylation is 1. The number of hydrogen-bond donors (Lipinski definition) is 1. The van der Waals surface area contributed by atoms with Gasteiger partial charge in [-0.25, -0.2) is 0 Å². The van der Waals surface area contributed by atoms with Gasteiger partial charge in [-0.3, -0.25) is 14.9 Å². The Balaban J connectivity index is 1.60. The molecule has 0 radical (unpaired) electrons. The molecule has 0 aromatic heterocycles. The van der Waals surface area contributed by atoms with Crippen molar-refractivity contribution in [3.8, 4) is 0 Å². The third kappa shape index (κ3) is 4.80. The van der Waals surface area contributed by atoms with Crippen LogP contribution in [0.25, 0.3) is 0 Å². The van der Waals surface area contributed by atoms with Gasteiger partial charge in [-0.05, 0) is 62.6 Å². The quantitative estimate of drug-likeness (QED) is 0.446. The highest BCUT2D eigenvalue weighted by Crippen LogP contribution is 2.29. The van der Waals surface area contributed by atoms with Crippen LogP contribution in [0.1, 0.15) is 25.3 Å². The molecule has 1 N–H and O–H groups in total. The molecule has 1 heterocycles. The highest BCUT2D eigenvalue weighted by molar-refractivity contribution is 8.00. The van der Waals surface area contributed by atoms with Gasteiger partial charge in [-0.2, -0.15) is 0 Å². The van der Waals surface area contributed by atoms with Gasteiger partial charge < -0.3 is 10.2 Å². The number of thioether (sulfide) groups is 1. The van der Waals surface area contributed by atoms with Crippen LogP contribution in [0, 0.1) is 17.0 Å². The van der Waals surface area contributed by atoms with Gasteiger partial charge in [0, 0.05) is 41.5 Å². The number of hydrogen-bond acceptors (Lipinski definition) is 5. The van der Waals surface area contributed by atoms with E-state index >= 15 is 0 Å². The molecule has 142 valence electrons. The van der Waals surface area contributed by atoms with E-state index in [4.69, 9.17) is 0 Å². The zero-order valence-corrected chi connectivity index (χ0v) is 16.3. The van der Waals surface area contributed by atoms with Crippen LogP contribution in [0.15, 0.2) is 47.4 Å². The topological polar surface area (TPSA) is 75.5 Å². The molecule has 0 saturated carbocycles. The largest absolute Gasteiger partial charge is 0.371 e. The van der Waals surface area contributed by atoms with Crippen molar-refractivity contribution in [2.45, 2.75) is 36.8 Å². The molecule has 1 amide bonds. The van der Waals surface area contributed by atoms with Crippen molar-refractivity contribution in [2.24, 2.45) is 0 Å². The lowest BCUT2D eigenvalue weighted by atomic mass is 10.1. The van der Waals surface area contributed by atoms with Gasteiger partial charge in [0.15, 0.2) is 0 Å². The maximum Gasteiger partial charge on any atom is 0.269 e. The molecule has 6 nitrogen and oxygen atoms in total. The summed E-state index contributed by atoms with van der Waals surface area (Å²) in [6.07, 6.45) is 2.46. The summed E-state index contributed by atoms with van der Waals surface area (Å²) in [6.45, 7) is 6.08. The molecule has 0 aliphatic carbocycles. The highest BCUT2D eigenvalue weighted by atomic mass is 32.2. The molecule has 3 rings (SSSR count). The first kappa shape index (κ1) is 19.2. The average molecular weight is 385 g/mol. The van der Waals surface area contributed by atoms with E-state index in [1.54, 1.807) is 12.1 Å². The third-order valence-electron chi connectivity index (χ3n) is 4.64. The highest BCUT2D eigenvalue weighted by Gasteiger charge is 2.17. The number of amides is 1. The molecule has 1 saturated heterocycles. The molecule has 7 heteroatoms. The minimum Gasteiger partial charge on any atom is -0.371 e. The van der Waals surface area contributed by atoms with Crippen LogP contribution in [-0.2, 0) is 4.79 Å². The van der Waals surface area contributed by atoms with E-state index in [0.717, 1.165) is 29.2 Å². The van der Waals surface area contributed by atoms with E-state index in [-0.39, 0.29) is 16.8 Å². The Morgan fingerprint density at radius 3 is 2.44 bits per heavy atom. The van der Waals surface area contributed by atoms with Crippen LogP contribution in [0.5, 0.6) is 0 Å². The van der Waals surface area contributed by atoms with E-state index in [2.05, 4.69) is 23.2 Å². The van der Waals surface area contributed by atoms with E-state index in [1.165, 1.54) is 42.4 Å². The summed E-state index contributed by atoms with van der Waals surface area (Å²) in [5.41, 5.74) is 3.23. The number of carbonyl (C=O) groups is 1. The standard InChI is InChI=1S/C20H23N3O3S/c1-14-13-16(5-10-19(14)22-11-3-4-12-22)21-20(24)15(2)27-18-8-6-17(7-9-18)23(25)26/h5-10,13,15H,3-4,11-12H2,1-2H3,(H,21,24)/t15-/m0/s1. The third-order valence-corrected chi connectivity index (χ3v) is 5.75. The zero-order valence-electron chi connectivity index (χ0n) is 15.5. The number of anilines is 2. The van der Waals surface area contributed by atoms with Gasteiger partial charge in [-0.1, -0.05) is 0 Å². The number of benzene rings is 2. The van der Waals surface area contributed by atoms with Crippen LogP contribution in [0.4, 0.5) is 17.1 Å². The van der Waals surface area contributed by atoms with Crippen LogP contribution < -0.4 is 10.2 Å². The fourth-order valence-corrected chi connectivity index (χ4v) is 4.06. The molecule has 2 aromatic rings. The van der Waals surface area contributed by atoms with Crippen molar-refractivity contribution in [2.75, 3.05) is 23.3 Å². The van der Waals surface area contributed by atoms with Gasteiger partial charge in [0.2, 0.25) is 5.91 Å². The lowest BCUT2D eigenvalue weighted by molar-refractivity contribution is -0.384. The zero-order chi connectivity index (χ0) is 19.4. The number of nitro benzene ring substituents is 1. The molecule has 1 aliphatic rings. The number of nitrogens with zero attached hydrogens (tertiary/aromatic N) is 2. The summed E-state index contributed by atoms with van der Waals surface area (Å²) in [7, 11) is 0. The minimum absolute atomic E-state index is 0.0463. The second-order valence-electron chi connectivity index (χ2n) is 6.70. The van der Waals surface area contributed by atoms with Crippen LogP contribution in [0.2, 0.25) is 0 Å². The summed E-state index contributed by atoms with van der Waals surface area (Å²) in [4.78, 5) is 26.0. The average Bonchev–Trinajstić information content (AvgIpc) is 3.16. The number of nitro groups is 1. The first-order chi connectivity index (χ1) is 12.9. The van der Waals surface area contributed by atoms with Gasteiger partial charge in [0.25, 0.3) is 5.69 Å². The summed E-state index contributed by atoms with van der Waals surface area (Å²) >= 11 is 1.38. The molecular weight excluding hydrogens is 362 g/mol. The molecular formula is C20H23N3O3S. The molecule has 1 atom stereocenters. The second-order valence-corrected chi connectivity index (χ2v) is 8.11. The van der Waals surface area contributed by atoms with E-state index in [0.29, 0.717) is 0 Å². The Labute approximate surface area is 163 Å². The van der Waals surface area contributed by atoms with E-state index in [1.807, 2.05) is 19.1 Å². The van der Waals surface area contributed by atoms with E-state index < -0.39 is 4.92 Å². The number of rotatable bonds is 6. The van der Waals surface area contributed by atoms with Crippen molar-refractivity contribution < 1.29 is 9.72 Å². The molecule has 1 fully saturated rings. The Morgan fingerprint density at radius 1 is 1.19 bits per heavy atom. The molecule has 27 heavy (non-hydrogen) atoms. The Bertz CT molecular complexity index is 833. The van der Waals surface area contributed by atoms with Crippen molar-refractivity contribution in [3.05, 3.63) is 58.1 Å². The van der Waals surface area contributed by atoms with Crippen molar-refractivity contribution in [1.82, 2.24) is 0 Å². The Hall–Kier alpha value is -2.54. The van der Waals surface area contributed by atoms with Gasteiger partial charge >= 0.3 is 0 Å². The summed E-state index contributed by atoms with van der Waals surface area (Å²) < 4.78 is 0. The lowest BCUT2D eigenvalue weighted by Crippen LogP contribution is -2.23. The normalized spacial score (nSPS) is 14.8. The molecule has 2 aromatic carbocycles. The monoisotopic (exact) mass is 385 g/mol. The number of carbonyl (C=O) groups excluding carboxylic acids is 1. The van der Waals surface area contributed by atoms with Gasteiger partial charge in [0.1, 0.15) is 0 Å². The lowest BCUT2D eigenvalue weighted by Gasteiger charge is -2.21. The van der Waals surface area contributed by atoms with Crippen LogP contribution in [0.3, 0.4) is 0 Å². The van der Waals surface area contributed by atoms with E-state index in [9.17, 15) is 14.9 Å². The molecule has 1 aliphatic heterocycles. The fourth-order valence-electron chi connectivity index (χ4n) is 3.19. The summed E-state index contributed by atoms with van der Waals surface area (Å²) in [5.74, 6) is -0.0910. The Morgan fingerprint density at radius 2 is 1.85 bits per heavy atom. The predicted octanol–water partition coefficient (Wildman–Crippen LogP) is 4.62. The second kappa shape index (κ2) is 8.43. The van der Waals surface area contributed by atoms with Crippen molar-refractivity contribution >= 4 is 34.7 Å². The molecule has 0 unspecified atom stereocenters. The smallest absolute Gasteiger partial charge is 0.269 e. The minimum atomic E-state index is -0.432. The molecule has 0 bridgehead atoms. The Kier molecular flexibility index (Phi) is 6.01. The van der Waals surface area contributed by atoms with Gasteiger partial charge in [-0.15, -0.1) is 11.8 Å². The maximum atomic E-state index is 12.5. The van der Waals surface area contributed by atoms with Crippen molar-refractivity contribution in [1.29, 1.82) is 0 Å². The fraction of sp³-hybridized carbons (Fsp3) is 0.350. The first-order valence-electron chi connectivity index (χ1n) is 9.01. The summed E-state index contributed by atoms with van der Waals surface area (Å²) in [5, 5.41) is 13.4. The van der Waals surface area contributed by atoms with Gasteiger partial charge in [0.05, 0.1) is 10.2 Å². The predicted molar refractivity (Wildman–Crippen MR) is 110 cm³/mol. The van der Waals surface area contributed by atoms with Crippen molar-refractivity contribution in [3.63, 3.8) is 0 Å². The SMILES string of the molecule is Cc1cc(NC(=O)[C@H](C)Sc2ccc([N+](=O)[O-])cc2)ccc1N1CCCC1. The van der Waals surface area contributed by atoms with Crippen LogP contribution in [-0.4, -0.2) is 29.2 Å². The van der Waals surface area contributed by atoms with Crippen LogP contribution >= 0.6 is 11.8 Å². The number of non-ortho nitro benzene ring substituents is 1. The molecule has 0 spiro atoms. The maximum absolute atomic E-state index is 12.5. The first-order valence-corrected chi connectivity index (χ1v) is 9.89.